The van der Waals surface area contributed by atoms with Crippen LogP contribution in [0.5, 0.6) is 0 Å². The summed E-state index contributed by atoms with van der Waals surface area (Å²) < 4.78 is 35.7. The van der Waals surface area contributed by atoms with Gasteiger partial charge in [-0.1, -0.05) is 0 Å². The summed E-state index contributed by atoms with van der Waals surface area (Å²) in [5.74, 6) is -2.60. The summed E-state index contributed by atoms with van der Waals surface area (Å²) in [6, 6.07) is 0. The van der Waals surface area contributed by atoms with Gasteiger partial charge in [-0.2, -0.15) is 13.2 Å². The van der Waals surface area contributed by atoms with Crippen molar-refractivity contribution in [2.24, 2.45) is 11.7 Å². The van der Waals surface area contributed by atoms with Crippen molar-refractivity contribution in [3.05, 3.63) is 0 Å². The summed E-state index contributed by atoms with van der Waals surface area (Å²) in [7, 11) is 0. The molecule has 1 heterocycles. The highest BCUT2D eigenvalue weighted by atomic mass is 19.4. The average Bonchev–Trinajstić information content (AvgIpc) is 2.18. The van der Waals surface area contributed by atoms with Crippen LogP contribution in [0.1, 0.15) is 19.3 Å². The zero-order chi connectivity index (χ0) is 13.1. The first-order chi connectivity index (χ1) is 7.79. The summed E-state index contributed by atoms with van der Waals surface area (Å²) in [4.78, 5) is 25.3. The molecule has 98 valence electrons. The molecule has 2 N–H and O–H groups in total. The summed E-state index contributed by atoms with van der Waals surface area (Å²) in [6.07, 6.45) is -3.81. The fraction of sp³-hybridized carbons (Fsp3) is 0.778. The number of primary amides is 1. The Morgan fingerprint density at radius 1 is 1.29 bits per heavy atom. The highest BCUT2D eigenvalue weighted by Crippen LogP contribution is 2.22. The molecule has 17 heavy (non-hydrogen) atoms. The van der Waals surface area contributed by atoms with Crippen molar-refractivity contribution in [1.29, 1.82) is 0 Å². The summed E-state index contributed by atoms with van der Waals surface area (Å²) in [5.41, 5.74) is 5.01. The van der Waals surface area contributed by atoms with Gasteiger partial charge in [-0.15, -0.1) is 5.06 Å². The standard InChI is InChI=1S/C9H13F3N2O3/c10-9(11,12)8(16)17-14-3-1-6(2-4-14)5-7(13)15/h6H,1-5H2,(H2,13,15). The highest BCUT2D eigenvalue weighted by Gasteiger charge is 2.42. The Labute approximate surface area is 95.6 Å². The van der Waals surface area contributed by atoms with E-state index in [0.29, 0.717) is 12.8 Å². The molecule has 0 unspecified atom stereocenters. The molecule has 1 aliphatic rings. The first-order valence-corrected chi connectivity index (χ1v) is 5.11. The number of amides is 1. The van der Waals surface area contributed by atoms with Crippen LogP contribution in [-0.4, -0.2) is 36.2 Å². The Bertz CT molecular complexity index is 298. The highest BCUT2D eigenvalue weighted by molar-refractivity contribution is 5.75. The van der Waals surface area contributed by atoms with E-state index in [1.54, 1.807) is 0 Å². The van der Waals surface area contributed by atoms with Gasteiger partial charge < -0.3 is 10.6 Å². The first kappa shape index (κ1) is 13.8. The molecule has 0 bridgehead atoms. The van der Waals surface area contributed by atoms with E-state index in [0.717, 1.165) is 5.06 Å². The molecule has 0 spiro atoms. The van der Waals surface area contributed by atoms with Crippen LogP contribution in [0.15, 0.2) is 0 Å². The number of nitrogens with two attached hydrogens (primary N) is 1. The second kappa shape index (κ2) is 5.35. The van der Waals surface area contributed by atoms with Crippen molar-refractivity contribution >= 4 is 11.9 Å². The Hall–Kier alpha value is -1.31. The minimum absolute atomic E-state index is 0.0494. The fourth-order valence-electron chi connectivity index (χ4n) is 1.66. The maximum absolute atomic E-state index is 11.9. The number of carbonyl (C=O) groups excluding carboxylic acids is 2. The number of carbonyl (C=O) groups is 2. The van der Waals surface area contributed by atoms with Gasteiger partial charge in [0.25, 0.3) is 0 Å². The Morgan fingerprint density at radius 3 is 2.24 bits per heavy atom. The molecule has 1 rings (SSSR count). The summed E-state index contributed by atoms with van der Waals surface area (Å²) >= 11 is 0. The van der Waals surface area contributed by atoms with Gasteiger partial charge in [0.15, 0.2) is 0 Å². The van der Waals surface area contributed by atoms with Crippen LogP contribution >= 0.6 is 0 Å². The van der Waals surface area contributed by atoms with Crippen LogP contribution in [0.2, 0.25) is 0 Å². The minimum atomic E-state index is -4.98. The third-order valence-corrected chi connectivity index (χ3v) is 2.51. The Balaban J connectivity index is 2.33. The number of nitrogens with zero attached hydrogens (tertiary/aromatic N) is 1. The number of piperidine rings is 1. The average molecular weight is 254 g/mol. The number of halogens is 3. The van der Waals surface area contributed by atoms with E-state index in [2.05, 4.69) is 4.84 Å². The van der Waals surface area contributed by atoms with Crippen LogP contribution in [0.3, 0.4) is 0 Å². The monoisotopic (exact) mass is 254 g/mol. The lowest BCUT2D eigenvalue weighted by molar-refractivity contribution is -0.242. The second-order valence-corrected chi connectivity index (χ2v) is 3.92. The normalized spacial score (nSPS) is 19.0. The molecule has 0 aliphatic carbocycles. The molecule has 1 aliphatic heterocycles. The van der Waals surface area contributed by atoms with Crippen molar-refractivity contribution in [2.75, 3.05) is 13.1 Å². The molecule has 1 amide bonds. The van der Waals surface area contributed by atoms with E-state index in [4.69, 9.17) is 5.73 Å². The quantitative estimate of drug-likeness (QED) is 0.800. The molecule has 8 heteroatoms. The summed E-state index contributed by atoms with van der Waals surface area (Å²) in [6.45, 7) is 0.361. The van der Waals surface area contributed by atoms with Gasteiger partial charge in [0.05, 0.1) is 0 Å². The third kappa shape index (κ3) is 4.59. The molecule has 1 saturated heterocycles. The van der Waals surface area contributed by atoms with Gasteiger partial charge >= 0.3 is 12.1 Å². The van der Waals surface area contributed by atoms with E-state index in [9.17, 15) is 22.8 Å². The Morgan fingerprint density at radius 2 is 1.82 bits per heavy atom. The van der Waals surface area contributed by atoms with E-state index in [-0.39, 0.29) is 25.4 Å². The maximum Gasteiger partial charge on any atom is 0.492 e. The lowest BCUT2D eigenvalue weighted by Crippen LogP contribution is -2.40. The van der Waals surface area contributed by atoms with Crippen LogP contribution in [0.4, 0.5) is 13.2 Å². The number of hydroxylamine groups is 2. The molecule has 0 atom stereocenters. The van der Waals surface area contributed by atoms with E-state index >= 15 is 0 Å². The van der Waals surface area contributed by atoms with Gasteiger partial charge in [0.2, 0.25) is 5.91 Å². The first-order valence-electron chi connectivity index (χ1n) is 5.11. The van der Waals surface area contributed by atoms with Crippen molar-refractivity contribution in [3.8, 4) is 0 Å². The predicted molar refractivity (Wildman–Crippen MR) is 50.3 cm³/mol. The van der Waals surface area contributed by atoms with Crippen molar-refractivity contribution < 1.29 is 27.6 Å². The molecule has 0 aromatic heterocycles. The third-order valence-electron chi connectivity index (χ3n) is 2.51. The van der Waals surface area contributed by atoms with Gasteiger partial charge in [0, 0.05) is 19.5 Å². The van der Waals surface area contributed by atoms with Crippen LogP contribution in [0.25, 0.3) is 0 Å². The summed E-state index contributed by atoms with van der Waals surface area (Å²) in [5, 5.41) is 0.966. The maximum atomic E-state index is 11.9. The number of alkyl halides is 3. The zero-order valence-corrected chi connectivity index (χ0v) is 9.00. The molecular weight excluding hydrogens is 241 g/mol. The minimum Gasteiger partial charge on any atom is -0.370 e. The number of hydrogen-bond donors (Lipinski definition) is 1. The van der Waals surface area contributed by atoms with E-state index < -0.39 is 18.1 Å². The second-order valence-electron chi connectivity index (χ2n) is 3.92. The Kier molecular flexibility index (Phi) is 4.33. The molecule has 0 radical (unpaired) electrons. The number of hydrogen-bond acceptors (Lipinski definition) is 4. The smallest absolute Gasteiger partial charge is 0.370 e. The van der Waals surface area contributed by atoms with Gasteiger partial charge in [-0.25, -0.2) is 4.79 Å². The molecule has 0 aromatic carbocycles. The van der Waals surface area contributed by atoms with Gasteiger partial charge in [-0.05, 0) is 18.8 Å². The molecule has 0 aromatic rings. The van der Waals surface area contributed by atoms with E-state index in [1.807, 2.05) is 0 Å². The zero-order valence-electron chi connectivity index (χ0n) is 9.00. The fourth-order valence-corrected chi connectivity index (χ4v) is 1.66. The van der Waals surface area contributed by atoms with Crippen molar-refractivity contribution in [1.82, 2.24) is 5.06 Å². The SMILES string of the molecule is NC(=O)CC1CCN(OC(=O)C(F)(F)F)CC1. The molecule has 0 saturated carbocycles. The molecular formula is C9H13F3N2O3. The van der Waals surface area contributed by atoms with Gasteiger partial charge in [0.1, 0.15) is 0 Å². The number of rotatable bonds is 3. The molecule has 1 fully saturated rings. The molecule has 5 nitrogen and oxygen atoms in total. The van der Waals surface area contributed by atoms with Crippen molar-refractivity contribution in [3.63, 3.8) is 0 Å². The van der Waals surface area contributed by atoms with E-state index in [1.165, 1.54) is 0 Å². The van der Waals surface area contributed by atoms with Crippen molar-refractivity contribution in [2.45, 2.75) is 25.4 Å². The lowest BCUT2D eigenvalue weighted by Gasteiger charge is -2.29. The van der Waals surface area contributed by atoms with Crippen LogP contribution in [0, 0.1) is 5.92 Å². The van der Waals surface area contributed by atoms with Gasteiger partial charge in [-0.3, -0.25) is 4.79 Å². The van der Waals surface area contributed by atoms with Crippen LogP contribution < -0.4 is 5.73 Å². The van der Waals surface area contributed by atoms with Crippen LogP contribution in [-0.2, 0) is 14.4 Å². The predicted octanol–water partition coefficient (Wildman–Crippen LogP) is 0.594. The topological polar surface area (TPSA) is 72.6 Å². The lowest BCUT2D eigenvalue weighted by atomic mass is 9.94. The largest absolute Gasteiger partial charge is 0.492 e.